The minimum absolute atomic E-state index is 0.0743. The van der Waals surface area contributed by atoms with Gasteiger partial charge in [0, 0.05) is 0 Å². The highest BCUT2D eigenvalue weighted by Crippen LogP contribution is 2.42. The predicted octanol–water partition coefficient (Wildman–Crippen LogP) is 5.19. The molecule has 0 radical (unpaired) electrons. The monoisotopic (exact) mass is 362 g/mol. The number of hydrogen-bond acceptors (Lipinski definition) is 3. The maximum Gasteiger partial charge on any atom is 0.112 e. The fourth-order valence-electron chi connectivity index (χ4n) is 3.60. The van der Waals surface area contributed by atoms with E-state index < -0.39 is 0 Å². The summed E-state index contributed by atoms with van der Waals surface area (Å²) in [6.45, 7) is 13.6. The van der Waals surface area contributed by atoms with E-state index >= 15 is 0 Å². The molecule has 2 heterocycles. The molecule has 3 nitrogen and oxygen atoms in total. The first kappa shape index (κ1) is 18.2. The summed E-state index contributed by atoms with van der Waals surface area (Å²) < 4.78 is 18.0. The van der Waals surface area contributed by atoms with Gasteiger partial charge in [0.2, 0.25) is 0 Å². The second kappa shape index (κ2) is 7.43. The smallest absolute Gasteiger partial charge is 0.112 e. The Morgan fingerprint density at radius 2 is 1.26 bits per heavy atom. The zero-order valence-electron chi connectivity index (χ0n) is 16.0. The first-order valence-corrected chi connectivity index (χ1v) is 9.45. The van der Waals surface area contributed by atoms with Gasteiger partial charge >= 0.3 is 0 Å². The summed E-state index contributed by atoms with van der Waals surface area (Å²) in [7, 11) is 0. The molecule has 4 unspecified atom stereocenters. The van der Waals surface area contributed by atoms with Crippen LogP contribution in [0.4, 0.5) is 0 Å². The molecule has 0 bridgehead atoms. The van der Waals surface area contributed by atoms with Gasteiger partial charge in [0.05, 0.1) is 13.2 Å². The zero-order valence-corrected chi connectivity index (χ0v) is 16.0. The Bertz CT molecular complexity index is 790. The molecule has 2 aromatic carbocycles. The van der Waals surface area contributed by atoms with Crippen LogP contribution in [-0.2, 0) is 14.2 Å². The van der Waals surface area contributed by atoms with E-state index in [-0.39, 0.29) is 24.4 Å². The van der Waals surface area contributed by atoms with Crippen molar-refractivity contribution in [1.29, 1.82) is 0 Å². The van der Waals surface area contributed by atoms with Crippen LogP contribution in [0.5, 0.6) is 0 Å². The number of ether oxygens (including phenoxy) is 3. The SMILES string of the molecule is C=Cc1cc(C)ccc1C(OC(c1ccc(C)cc1C=C)C1CO1)C1CO1. The largest absolute Gasteiger partial charge is 0.370 e. The molecule has 3 heteroatoms. The van der Waals surface area contributed by atoms with Crippen LogP contribution in [0.1, 0.15) is 45.6 Å². The maximum atomic E-state index is 6.69. The highest BCUT2D eigenvalue weighted by atomic mass is 16.6. The van der Waals surface area contributed by atoms with E-state index in [0.29, 0.717) is 0 Å². The van der Waals surface area contributed by atoms with E-state index in [1.807, 2.05) is 12.2 Å². The Balaban J connectivity index is 1.70. The Kier molecular flexibility index (Phi) is 5.00. The zero-order chi connectivity index (χ0) is 19.0. The third-order valence-corrected chi connectivity index (χ3v) is 5.22. The van der Waals surface area contributed by atoms with Crippen LogP contribution in [-0.4, -0.2) is 25.4 Å². The summed E-state index contributed by atoms with van der Waals surface area (Å²) in [5.74, 6) is 0. The van der Waals surface area contributed by atoms with E-state index in [4.69, 9.17) is 14.2 Å². The number of aryl methyl sites for hydroxylation is 2. The molecule has 4 atom stereocenters. The molecule has 2 saturated heterocycles. The van der Waals surface area contributed by atoms with Crippen molar-refractivity contribution >= 4 is 12.2 Å². The molecule has 0 aliphatic carbocycles. The summed E-state index contributed by atoms with van der Waals surface area (Å²) in [5, 5.41) is 0. The van der Waals surface area contributed by atoms with Crippen molar-refractivity contribution in [1.82, 2.24) is 0 Å². The van der Waals surface area contributed by atoms with Crippen LogP contribution in [0, 0.1) is 13.8 Å². The lowest BCUT2D eigenvalue weighted by atomic mass is 9.95. The molecule has 2 aliphatic heterocycles. The Hall–Kier alpha value is -2.20. The lowest BCUT2D eigenvalue weighted by molar-refractivity contribution is -0.0420. The number of rotatable bonds is 8. The summed E-state index contributed by atoms with van der Waals surface area (Å²) in [6, 6.07) is 12.8. The van der Waals surface area contributed by atoms with Gasteiger partial charge in [0.1, 0.15) is 24.4 Å². The van der Waals surface area contributed by atoms with Gasteiger partial charge in [-0.05, 0) is 36.1 Å². The van der Waals surface area contributed by atoms with Gasteiger partial charge in [0.15, 0.2) is 0 Å². The molecular weight excluding hydrogens is 336 g/mol. The van der Waals surface area contributed by atoms with E-state index in [9.17, 15) is 0 Å². The van der Waals surface area contributed by atoms with Crippen LogP contribution in [0.2, 0.25) is 0 Å². The van der Waals surface area contributed by atoms with Gasteiger partial charge < -0.3 is 14.2 Å². The fourth-order valence-corrected chi connectivity index (χ4v) is 3.60. The van der Waals surface area contributed by atoms with Crippen LogP contribution < -0.4 is 0 Å². The van der Waals surface area contributed by atoms with Gasteiger partial charge in [-0.2, -0.15) is 0 Å². The first-order valence-electron chi connectivity index (χ1n) is 9.45. The second-order valence-corrected chi connectivity index (χ2v) is 7.39. The van der Waals surface area contributed by atoms with Gasteiger partial charge in [-0.1, -0.05) is 72.8 Å². The van der Waals surface area contributed by atoms with E-state index in [1.54, 1.807) is 0 Å². The number of hydrogen-bond donors (Lipinski definition) is 0. The summed E-state index contributed by atoms with van der Waals surface area (Å²) in [4.78, 5) is 0. The molecule has 2 aliphatic rings. The Morgan fingerprint density at radius 1 is 0.852 bits per heavy atom. The lowest BCUT2D eigenvalue weighted by Crippen LogP contribution is -2.20. The maximum absolute atomic E-state index is 6.69. The summed E-state index contributed by atoms with van der Waals surface area (Å²) >= 11 is 0. The molecule has 2 fully saturated rings. The van der Waals surface area contributed by atoms with Crippen molar-refractivity contribution < 1.29 is 14.2 Å². The van der Waals surface area contributed by atoms with Crippen molar-refractivity contribution in [3.8, 4) is 0 Å². The molecular formula is C24H26O3. The van der Waals surface area contributed by atoms with E-state index in [1.165, 1.54) is 11.1 Å². The van der Waals surface area contributed by atoms with Gasteiger partial charge in [0.25, 0.3) is 0 Å². The van der Waals surface area contributed by atoms with Crippen molar-refractivity contribution in [3.05, 3.63) is 82.9 Å². The third kappa shape index (κ3) is 3.91. The van der Waals surface area contributed by atoms with Crippen LogP contribution >= 0.6 is 0 Å². The Morgan fingerprint density at radius 3 is 1.59 bits per heavy atom. The van der Waals surface area contributed by atoms with Crippen molar-refractivity contribution in [2.45, 2.75) is 38.3 Å². The van der Waals surface area contributed by atoms with Gasteiger partial charge in [-0.25, -0.2) is 0 Å². The number of benzene rings is 2. The molecule has 0 spiro atoms. The lowest BCUT2D eigenvalue weighted by Gasteiger charge is -2.26. The highest BCUT2D eigenvalue weighted by molar-refractivity contribution is 5.56. The molecule has 0 amide bonds. The third-order valence-electron chi connectivity index (χ3n) is 5.22. The van der Waals surface area contributed by atoms with Crippen molar-refractivity contribution in [2.75, 3.05) is 13.2 Å². The van der Waals surface area contributed by atoms with Crippen LogP contribution in [0.3, 0.4) is 0 Å². The van der Waals surface area contributed by atoms with Gasteiger partial charge in [-0.15, -0.1) is 0 Å². The molecule has 27 heavy (non-hydrogen) atoms. The summed E-state index contributed by atoms with van der Waals surface area (Å²) in [6.07, 6.45) is 3.64. The normalized spacial score (nSPS) is 22.7. The van der Waals surface area contributed by atoms with Crippen molar-refractivity contribution in [2.24, 2.45) is 0 Å². The minimum Gasteiger partial charge on any atom is -0.370 e. The standard InChI is InChI=1S/C24H26O3/c1-5-17-11-15(3)7-9-19(17)23(21-13-25-21)27-24(22-14-26-22)20-10-8-16(4)12-18(20)6-2/h5-12,21-24H,1-2,13-14H2,3-4H3. The summed E-state index contributed by atoms with van der Waals surface area (Å²) in [5.41, 5.74) is 6.85. The topological polar surface area (TPSA) is 34.3 Å². The molecule has 0 aromatic heterocycles. The quantitative estimate of drug-likeness (QED) is 0.606. The van der Waals surface area contributed by atoms with Crippen LogP contribution in [0.15, 0.2) is 49.6 Å². The van der Waals surface area contributed by atoms with E-state index in [0.717, 1.165) is 35.5 Å². The molecule has 0 saturated carbocycles. The molecule has 2 aromatic rings. The van der Waals surface area contributed by atoms with Gasteiger partial charge in [-0.3, -0.25) is 0 Å². The molecule has 4 rings (SSSR count). The first-order chi connectivity index (χ1) is 13.1. The predicted molar refractivity (Wildman–Crippen MR) is 109 cm³/mol. The average Bonchev–Trinajstić information content (AvgIpc) is 3.56. The fraction of sp³-hybridized carbons (Fsp3) is 0.333. The van der Waals surface area contributed by atoms with Crippen LogP contribution in [0.25, 0.3) is 12.2 Å². The molecule has 0 N–H and O–H groups in total. The highest BCUT2D eigenvalue weighted by Gasteiger charge is 2.43. The van der Waals surface area contributed by atoms with Crippen molar-refractivity contribution in [3.63, 3.8) is 0 Å². The number of epoxide rings is 2. The average molecular weight is 362 g/mol. The second-order valence-electron chi connectivity index (χ2n) is 7.39. The molecule has 140 valence electrons. The van der Waals surface area contributed by atoms with E-state index in [2.05, 4.69) is 63.4 Å². The Labute approximate surface area is 161 Å². The minimum atomic E-state index is -0.147.